The molecule has 0 saturated heterocycles. The number of nitro benzene ring substituents is 1. The van der Waals surface area contributed by atoms with Crippen LogP contribution in [-0.4, -0.2) is 16.0 Å². The van der Waals surface area contributed by atoms with Crippen LogP contribution in [0.15, 0.2) is 50.7 Å². The number of rotatable bonds is 4. The monoisotopic (exact) mass is 371 g/mol. The summed E-state index contributed by atoms with van der Waals surface area (Å²) in [5.74, 6) is -2.55. The second kappa shape index (κ2) is 6.23. The molecule has 2 aromatic carbocycles. The van der Waals surface area contributed by atoms with Gasteiger partial charge in [0.15, 0.2) is 0 Å². The Labute approximate surface area is 131 Å². The Morgan fingerprint density at radius 3 is 2.43 bits per heavy atom. The fraction of sp³-hybridized carbons (Fsp3) is 0. The predicted octanol–water partition coefficient (Wildman–Crippen LogP) is 4.35. The van der Waals surface area contributed by atoms with Crippen LogP contribution in [0.3, 0.4) is 0 Å². The Morgan fingerprint density at radius 2 is 1.90 bits per heavy atom. The van der Waals surface area contributed by atoms with Crippen LogP contribution >= 0.6 is 27.7 Å². The van der Waals surface area contributed by atoms with Gasteiger partial charge in [-0.05, 0) is 30.3 Å². The third kappa shape index (κ3) is 3.59. The largest absolute Gasteiger partial charge is 0.478 e. The van der Waals surface area contributed by atoms with Gasteiger partial charge in [0.05, 0.1) is 9.82 Å². The molecule has 2 rings (SSSR count). The van der Waals surface area contributed by atoms with Crippen molar-refractivity contribution in [3.05, 3.63) is 62.4 Å². The van der Waals surface area contributed by atoms with E-state index in [4.69, 9.17) is 5.11 Å². The van der Waals surface area contributed by atoms with Gasteiger partial charge in [0, 0.05) is 15.4 Å². The molecule has 21 heavy (non-hydrogen) atoms. The third-order valence-corrected chi connectivity index (χ3v) is 4.10. The van der Waals surface area contributed by atoms with E-state index in [-0.39, 0.29) is 4.90 Å². The van der Waals surface area contributed by atoms with Crippen molar-refractivity contribution >= 4 is 39.3 Å². The summed E-state index contributed by atoms with van der Waals surface area (Å²) in [6.45, 7) is 0. The van der Waals surface area contributed by atoms with Crippen molar-refractivity contribution < 1.29 is 19.2 Å². The smallest absolute Gasteiger partial charge is 0.338 e. The lowest BCUT2D eigenvalue weighted by Crippen LogP contribution is -2.03. The van der Waals surface area contributed by atoms with Crippen molar-refractivity contribution in [3.63, 3.8) is 0 Å². The van der Waals surface area contributed by atoms with Crippen LogP contribution in [0, 0.1) is 15.9 Å². The molecule has 0 atom stereocenters. The van der Waals surface area contributed by atoms with Gasteiger partial charge in [0.25, 0.3) is 5.69 Å². The van der Waals surface area contributed by atoms with E-state index in [2.05, 4.69) is 15.9 Å². The average Bonchev–Trinajstić information content (AvgIpc) is 2.40. The number of aromatic carboxylic acids is 1. The Morgan fingerprint density at radius 1 is 1.29 bits per heavy atom. The van der Waals surface area contributed by atoms with Gasteiger partial charge in [-0.1, -0.05) is 27.7 Å². The number of hydrogen-bond acceptors (Lipinski definition) is 4. The molecule has 5 nitrogen and oxygen atoms in total. The maximum absolute atomic E-state index is 13.7. The van der Waals surface area contributed by atoms with Crippen molar-refractivity contribution in [1.82, 2.24) is 0 Å². The van der Waals surface area contributed by atoms with Crippen molar-refractivity contribution in [3.8, 4) is 0 Å². The van der Waals surface area contributed by atoms with Crippen molar-refractivity contribution in [2.75, 3.05) is 0 Å². The van der Waals surface area contributed by atoms with Gasteiger partial charge in [-0.3, -0.25) is 10.1 Å². The molecular formula is C13H7BrFNO4S. The maximum Gasteiger partial charge on any atom is 0.338 e. The highest BCUT2D eigenvalue weighted by atomic mass is 79.9. The number of carbonyl (C=O) groups is 1. The van der Waals surface area contributed by atoms with Crippen LogP contribution in [0.4, 0.5) is 10.1 Å². The number of carboxylic acids is 1. The van der Waals surface area contributed by atoms with E-state index < -0.39 is 28.0 Å². The summed E-state index contributed by atoms with van der Waals surface area (Å²) in [6.07, 6.45) is 0. The molecule has 0 unspecified atom stereocenters. The molecule has 108 valence electrons. The highest BCUT2D eigenvalue weighted by Crippen LogP contribution is 2.36. The van der Waals surface area contributed by atoms with Gasteiger partial charge in [-0.25, -0.2) is 9.18 Å². The molecule has 0 aliphatic carbocycles. The first-order chi connectivity index (χ1) is 9.88. The molecule has 0 aliphatic rings. The molecule has 0 bridgehead atoms. The summed E-state index contributed by atoms with van der Waals surface area (Å²) < 4.78 is 14.5. The van der Waals surface area contributed by atoms with Gasteiger partial charge in [-0.15, -0.1) is 0 Å². The number of nitrogens with zero attached hydrogens (tertiary/aromatic N) is 1. The van der Waals surface area contributed by atoms with Crippen LogP contribution in [0.2, 0.25) is 0 Å². The highest BCUT2D eigenvalue weighted by Gasteiger charge is 2.22. The first kappa shape index (κ1) is 15.5. The number of halogens is 2. The van der Waals surface area contributed by atoms with E-state index in [1.165, 1.54) is 0 Å². The fourth-order valence-electron chi connectivity index (χ4n) is 1.56. The van der Waals surface area contributed by atoms with Crippen LogP contribution in [0.25, 0.3) is 0 Å². The minimum absolute atomic E-state index is 0.0461. The number of hydrogen-bond donors (Lipinski definition) is 1. The minimum Gasteiger partial charge on any atom is -0.478 e. The zero-order valence-electron chi connectivity index (χ0n) is 10.2. The lowest BCUT2D eigenvalue weighted by molar-refractivity contribution is -0.387. The van der Waals surface area contributed by atoms with E-state index in [1.54, 1.807) is 24.3 Å². The molecular weight excluding hydrogens is 365 g/mol. The van der Waals surface area contributed by atoms with E-state index in [1.807, 2.05) is 0 Å². The summed E-state index contributed by atoms with van der Waals surface area (Å²) in [6, 6.07) is 8.52. The first-order valence-corrected chi connectivity index (χ1v) is 7.14. The number of carboxylic acid groups (broad SMARTS) is 1. The topological polar surface area (TPSA) is 80.4 Å². The van der Waals surface area contributed by atoms with Gasteiger partial charge in [0.2, 0.25) is 0 Å². The highest BCUT2D eigenvalue weighted by molar-refractivity contribution is 9.10. The molecule has 0 saturated carbocycles. The van der Waals surface area contributed by atoms with Gasteiger partial charge in [0.1, 0.15) is 11.4 Å². The number of benzene rings is 2. The van der Waals surface area contributed by atoms with Crippen LogP contribution < -0.4 is 0 Å². The van der Waals surface area contributed by atoms with Crippen molar-refractivity contribution in [2.24, 2.45) is 0 Å². The van der Waals surface area contributed by atoms with E-state index in [0.29, 0.717) is 4.90 Å². The van der Waals surface area contributed by atoms with Gasteiger partial charge < -0.3 is 5.11 Å². The van der Waals surface area contributed by atoms with Crippen molar-refractivity contribution in [2.45, 2.75) is 9.79 Å². The standard InChI is InChI=1S/C13H7BrFNO4S/c14-7-1-3-8(4-2-7)21-12-6-10(15)9(13(17)18)5-11(12)16(19)20/h1-6H,(H,17,18). The zero-order chi connectivity index (χ0) is 15.6. The Hall–Kier alpha value is -1.93. The fourth-order valence-corrected chi connectivity index (χ4v) is 2.75. The maximum atomic E-state index is 13.7. The summed E-state index contributed by atoms with van der Waals surface area (Å²) >= 11 is 4.25. The average molecular weight is 372 g/mol. The normalized spacial score (nSPS) is 10.4. The van der Waals surface area contributed by atoms with Crippen LogP contribution in [0.5, 0.6) is 0 Å². The number of nitro groups is 1. The quantitative estimate of drug-likeness (QED) is 0.638. The van der Waals surface area contributed by atoms with Crippen LogP contribution in [-0.2, 0) is 0 Å². The molecule has 0 heterocycles. The Kier molecular flexibility index (Phi) is 4.59. The second-order valence-corrected chi connectivity index (χ2v) is 5.95. The van der Waals surface area contributed by atoms with Gasteiger partial charge >= 0.3 is 5.97 Å². The first-order valence-electron chi connectivity index (χ1n) is 5.53. The lowest BCUT2D eigenvalue weighted by Gasteiger charge is -2.05. The molecule has 0 aliphatic heterocycles. The summed E-state index contributed by atoms with van der Waals surface area (Å²) in [5, 5.41) is 19.8. The lowest BCUT2D eigenvalue weighted by atomic mass is 10.2. The molecule has 8 heteroatoms. The third-order valence-electron chi connectivity index (χ3n) is 2.52. The summed E-state index contributed by atoms with van der Waals surface area (Å²) in [4.78, 5) is 21.8. The molecule has 2 aromatic rings. The Bertz CT molecular complexity index is 721. The van der Waals surface area contributed by atoms with E-state index in [9.17, 15) is 19.3 Å². The molecule has 0 radical (unpaired) electrons. The van der Waals surface area contributed by atoms with E-state index >= 15 is 0 Å². The summed E-state index contributed by atoms with van der Waals surface area (Å²) in [5.41, 5.74) is -1.16. The SMILES string of the molecule is O=C(O)c1cc([N+](=O)[O-])c(Sc2ccc(Br)cc2)cc1F. The predicted molar refractivity (Wildman–Crippen MR) is 78.3 cm³/mol. The van der Waals surface area contributed by atoms with Crippen LogP contribution in [0.1, 0.15) is 10.4 Å². The zero-order valence-corrected chi connectivity index (χ0v) is 12.6. The molecule has 0 fully saturated rings. The van der Waals surface area contributed by atoms with Crippen molar-refractivity contribution in [1.29, 1.82) is 0 Å². The summed E-state index contributed by atoms with van der Waals surface area (Å²) in [7, 11) is 0. The van der Waals surface area contributed by atoms with Gasteiger partial charge in [-0.2, -0.15) is 0 Å². The molecule has 0 amide bonds. The minimum atomic E-state index is -1.55. The second-order valence-electron chi connectivity index (χ2n) is 3.92. The molecule has 0 aromatic heterocycles. The Balaban J connectivity index is 2.47. The van der Waals surface area contributed by atoms with E-state index in [0.717, 1.165) is 28.4 Å². The molecule has 1 N–H and O–H groups in total. The molecule has 0 spiro atoms.